The molecule has 0 bridgehead atoms. The van der Waals surface area contributed by atoms with Crippen LogP contribution in [0.3, 0.4) is 0 Å². The first-order chi connectivity index (χ1) is 7.25. The largest absolute Gasteiger partial charge is 0.506 e. The Balaban J connectivity index is 0.00000128. The third-order valence-corrected chi connectivity index (χ3v) is 2.09. The van der Waals surface area contributed by atoms with Gasteiger partial charge in [-0.3, -0.25) is 0 Å². The van der Waals surface area contributed by atoms with Gasteiger partial charge in [0.05, 0.1) is 0 Å². The van der Waals surface area contributed by atoms with Crippen LogP contribution < -0.4 is 0 Å². The number of aromatic amines is 1. The van der Waals surface area contributed by atoms with Crippen molar-refractivity contribution in [2.45, 2.75) is 7.43 Å². The molecule has 0 aliphatic heterocycles. The Bertz CT molecular complexity index is 483. The van der Waals surface area contributed by atoms with Gasteiger partial charge in [0, 0.05) is 4.47 Å². The molecule has 0 spiro atoms. The molecule has 7 heteroatoms. The summed E-state index contributed by atoms with van der Waals surface area (Å²) in [4.78, 5) is 3.76. The van der Waals surface area contributed by atoms with Crippen LogP contribution in [0.2, 0.25) is 0 Å². The summed E-state index contributed by atoms with van der Waals surface area (Å²) in [5.41, 5.74) is 0.362. The first-order valence-corrected chi connectivity index (χ1v) is 4.80. The Morgan fingerprint density at radius 2 is 2.12 bits per heavy atom. The zero-order valence-electron chi connectivity index (χ0n) is 7.42. The third kappa shape index (κ3) is 2.86. The third-order valence-electron chi connectivity index (χ3n) is 1.59. The molecule has 1 aromatic heterocycles. The summed E-state index contributed by atoms with van der Waals surface area (Å²) in [5, 5.41) is 23.2. The van der Waals surface area contributed by atoms with Crippen molar-refractivity contribution in [2.75, 3.05) is 0 Å². The summed E-state index contributed by atoms with van der Waals surface area (Å²) in [7, 11) is 0. The molecule has 2 rings (SSSR count). The van der Waals surface area contributed by atoms with E-state index in [0.29, 0.717) is 5.69 Å². The fraction of sp³-hybridized carbons (Fsp3) is 0.111. The lowest BCUT2D eigenvalue weighted by atomic mass is 10.3. The van der Waals surface area contributed by atoms with E-state index < -0.39 is 0 Å². The molecule has 1 aromatic carbocycles. The Morgan fingerprint density at radius 3 is 2.81 bits per heavy atom. The molecule has 2 aromatic rings. The average molecular weight is 284 g/mol. The van der Waals surface area contributed by atoms with Crippen LogP contribution >= 0.6 is 15.9 Å². The summed E-state index contributed by atoms with van der Waals surface area (Å²) in [6.45, 7) is 0. The summed E-state index contributed by atoms with van der Waals surface area (Å²) < 4.78 is 0.812. The predicted molar refractivity (Wildman–Crippen MR) is 63.1 cm³/mol. The molecule has 84 valence electrons. The SMILES string of the molecule is C.Oc1ccc(Br)cc1N=Nc1ncn[nH]1. The van der Waals surface area contributed by atoms with Gasteiger partial charge in [-0.25, -0.2) is 5.10 Å². The van der Waals surface area contributed by atoms with Crippen molar-refractivity contribution in [3.8, 4) is 5.75 Å². The van der Waals surface area contributed by atoms with Crippen LogP contribution in [0.5, 0.6) is 5.75 Å². The van der Waals surface area contributed by atoms with Gasteiger partial charge in [-0.2, -0.15) is 10.1 Å². The minimum absolute atomic E-state index is 0. The maximum Gasteiger partial charge on any atom is 0.264 e. The number of hydrogen-bond acceptors (Lipinski definition) is 5. The van der Waals surface area contributed by atoms with Crippen LogP contribution in [0, 0.1) is 0 Å². The second-order valence-corrected chi connectivity index (χ2v) is 3.56. The van der Waals surface area contributed by atoms with Gasteiger partial charge >= 0.3 is 0 Å². The van der Waals surface area contributed by atoms with Gasteiger partial charge in [0.1, 0.15) is 17.8 Å². The Hall–Kier alpha value is -1.76. The Kier molecular flexibility index (Phi) is 4.12. The van der Waals surface area contributed by atoms with Crippen molar-refractivity contribution in [2.24, 2.45) is 10.2 Å². The molecule has 0 amide bonds. The van der Waals surface area contributed by atoms with Gasteiger partial charge < -0.3 is 5.11 Å². The number of aromatic hydroxyl groups is 1. The van der Waals surface area contributed by atoms with Crippen LogP contribution in [0.4, 0.5) is 11.6 Å². The lowest BCUT2D eigenvalue weighted by molar-refractivity contribution is 0.476. The first kappa shape index (κ1) is 12.3. The summed E-state index contributed by atoms with van der Waals surface area (Å²) in [5.74, 6) is 0.343. The van der Waals surface area contributed by atoms with E-state index in [-0.39, 0.29) is 19.1 Å². The van der Waals surface area contributed by atoms with E-state index >= 15 is 0 Å². The van der Waals surface area contributed by atoms with Crippen LogP contribution in [0.15, 0.2) is 39.2 Å². The maximum atomic E-state index is 9.44. The number of hydrogen-bond donors (Lipinski definition) is 2. The first-order valence-electron chi connectivity index (χ1n) is 4.01. The van der Waals surface area contributed by atoms with Gasteiger partial charge in [0.15, 0.2) is 0 Å². The lowest BCUT2D eigenvalue weighted by Crippen LogP contribution is -1.70. The number of aromatic nitrogens is 3. The molecule has 0 aliphatic rings. The average Bonchev–Trinajstić information content (AvgIpc) is 2.72. The number of halogens is 1. The molecular formula is C9H10BrN5O. The van der Waals surface area contributed by atoms with Crippen molar-refractivity contribution in [3.05, 3.63) is 29.0 Å². The monoisotopic (exact) mass is 283 g/mol. The van der Waals surface area contributed by atoms with Crippen LogP contribution in [0.1, 0.15) is 7.43 Å². The quantitative estimate of drug-likeness (QED) is 0.829. The molecule has 0 radical (unpaired) electrons. The van der Waals surface area contributed by atoms with Gasteiger partial charge in [0.2, 0.25) is 0 Å². The highest BCUT2D eigenvalue weighted by Crippen LogP contribution is 2.30. The van der Waals surface area contributed by atoms with E-state index in [2.05, 4.69) is 41.3 Å². The highest BCUT2D eigenvalue weighted by atomic mass is 79.9. The van der Waals surface area contributed by atoms with E-state index in [9.17, 15) is 5.11 Å². The van der Waals surface area contributed by atoms with Gasteiger partial charge in [0.25, 0.3) is 5.95 Å². The minimum atomic E-state index is 0. The van der Waals surface area contributed by atoms with E-state index in [0.717, 1.165) is 4.47 Å². The smallest absolute Gasteiger partial charge is 0.264 e. The van der Waals surface area contributed by atoms with Crippen molar-refractivity contribution < 1.29 is 5.11 Å². The topological polar surface area (TPSA) is 86.5 Å². The van der Waals surface area contributed by atoms with Crippen molar-refractivity contribution in [1.29, 1.82) is 0 Å². The van der Waals surface area contributed by atoms with Crippen LogP contribution in [-0.4, -0.2) is 20.3 Å². The highest BCUT2D eigenvalue weighted by molar-refractivity contribution is 9.10. The fourth-order valence-electron chi connectivity index (χ4n) is 0.925. The normalized spacial score (nSPS) is 10.3. The molecule has 0 saturated heterocycles. The Labute approximate surface area is 101 Å². The number of benzene rings is 1. The second-order valence-electron chi connectivity index (χ2n) is 2.64. The molecule has 16 heavy (non-hydrogen) atoms. The van der Waals surface area contributed by atoms with Crippen LogP contribution in [0.25, 0.3) is 0 Å². The number of phenols is 1. The minimum Gasteiger partial charge on any atom is -0.506 e. The lowest BCUT2D eigenvalue weighted by Gasteiger charge is -1.96. The highest BCUT2D eigenvalue weighted by Gasteiger charge is 2.00. The number of H-pyrrole nitrogens is 1. The van der Waals surface area contributed by atoms with Gasteiger partial charge in [-0.1, -0.05) is 23.4 Å². The van der Waals surface area contributed by atoms with Crippen molar-refractivity contribution >= 4 is 27.6 Å². The molecule has 1 heterocycles. The fourth-order valence-corrected chi connectivity index (χ4v) is 1.27. The van der Waals surface area contributed by atoms with E-state index in [1.54, 1.807) is 12.1 Å². The summed E-state index contributed by atoms with van der Waals surface area (Å²) in [6, 6.07) is 4.89. The molecule has 0 aliphatic carbocycles. The maximum absolute atomic E-state index is 9.44. The molecule has 0 saturated carbocycles. The number of nitrogens with one attached hydrogen (secondary N) is 1. The summed E-state index contributed by atoms with van der Waals surface area (Å²) in [6.07, 6.45) is 1.33. The zero-order valence-corrected chi connectivity index (χ0v) is 9.01. The van der Waals surface area contributed by atoms with E-state index in [4.69, 9.17) is 0 Å². The molecule has 6 nitrogen and oxygen atoms in total. The van der Waals surface area contributed by atoms with Crippen molar-refractivity contribution in [1.82, 2.24) is 15.2 Å². The molecule has 0 unspecified atom stereocenters. The molecule has 0 fully saturated rings. The van der Waals surface area contributed by atoms with Crippen molar-refractivity contribution in [3.63, 3.8) is 0 Å². The number of phenolic OH excluding ortho intramolecular Hbond substituents is 1. The number of rotatable bonds is 2. The molecule has 2 N–H and O–H groups in total. The zero-order chi connectivity index (χ0) is 10.7. The predicted octanol–water partition coefficient (Wildman–Crippen LogP) is 3.32. The second kappa shape index (κ2) is 5.36. The number of azo groups is 1. The molecular weight excluding hydrogens is 274 g/mol. The van der Waals surface area contributed by atoms with E-state index in [1.807, 2.05) is 0 Å². The number of nitrogens with zero attached hydrogens (tertiary/aromatic N) is 4. The van der Waals surface area contributed by atoms with Gasteiger partial charge in [-0.15, -0.1) is 10.2 Å². The Morgan fingerprint density at radius 1 is 1.31 bits per heavy atom. The molecule has 0 atom stereocenters. The van der Waals surface area contributed by atoms with Gasteiger partial charge in [-0.05, 0) is 18.2 Å². The van der Waals surface area contributed by atoms with E-state index in [1.165, 1.54) is 12.4 Å². The van der Waals surface area contributed by atoms with Crippen LogP contribution in [-0.2, 0) is 0 Å². The standard InChI is InChI=1S/C8H6BrN5O.CH4/c9-5-1-2-7(15)6(3-5)12-14-8-10-4-11-13-8;/h1-4,15H,(H,10,11,13);1H4. The summed E-state index contributed by atoms with van der Waals surface area (Å²) >= 11 is 3.27.